The van der Waals surface area contributed by atoms with Gasteiger partial charge in [0.1, 0.15) is 5.75 Å². The maximum absolute atomic E-state index is 11.7. The molecule has 2 rings (SSSR count). The molecular formula is C17H23NO3. The van der Waals surface area contributed by atoms with Gasteiger partial charge in [0.25, 0.3) is 0 Å². The summed E-state index contributed by atoms with van der Waals surface area (Å²) < 4.78 is 5.66. The molecule has 4 nitrogen and oxygen atoms in total. The van der Waals surface area contributed by atoms with Crippen molar-refractivity contribution in [3.05, 3.63) is 29.8 Å². The number of hydrogen-bond acceptors (Lipinski definition) is 3. The fourth-order valence-electron chi connectivity index (χ4n) is 2.48. The molecule has 0 saturated carbocycles. The van der Waals surface area contributed by atoms with Crippen LogP contribution in [-0.2, 0) is 16.0 Å². The number of benzene rings is 1. The van der Waals surface area contributed by atoms with E-state index in [1.54, 1.807) is 0 Å². The lowest BCUT2D eigenvalue weighted by Crippen LogP contribution is -2.41. The summed E-state index contributed by atoms with van der Waals surface area (Å²) in [6, 6.07) is 7.90. The van der Waals surface area contributed by atoms with Crippen LogP contribution in [0, 0.1) is 5.92 Å². The Bertz CT molecular complexity index is 481. The minimum atomic E-state index is -0.160. The molecule has 0 bridgehead atoms. The predicted octanol–water partition coefficient (Wildman–Crippen LogP) is 2.85. The van der Waals surface area contributed by atoms with E-state index in [0.717, 1.165) is 24.3 Å². The number of carbonyl (C=O) groups excluding carboxylic acids is 2. The van der Waals surface area contributed by atoms with E-state index < -0.39 is 0 Å². The third-order valence-corrected chi connectivity index (χ3v) is 3.78. The zero-order valence-corrected chi connectivity index (χ0v) is 12.6. The van der Waals surface area contributed by atoms with Gasteiger partial charge in [-0.05, 0) is 37.0 Å². The van der Waals surface area contributed by atoms with Crippen molar-refractivity contribution in [1.29, 1.82) is 0 Å². The van der Waals surface area contributed by atoms with E-state index in [0.29, 0.717) is 19.3 Å². The number of hydrogen-bond donors (Lipinski definition) is 1. The van der Waals surface area contributed by atoms with Crippen molar-refractivity contribution in [2.45, 2.75) is 45.4 Å². The Hall–Kier alpha value is -1.84. The molecule has 1 fully saturated rings. The van der Waals surface area contributed by atoms with Crippen LogP contribution in [0.1, 0.15) is 44.6 Å². The Balaban J connectivity index is 1.82. The minimum Gasteiger partial charge on any atom is -0.494 e. The molecule has 1 unspecified atom stereocenters. The highest BCUT2D eigenvalue weighted by Gasteiger charge is 2.26. The first-order valence-electron chi connectivity index (χ1n) is 7.74. The number of unbranched alkanes of at least 4 members (excludes halogenated alkanes) is 2. The maximum atomic E-state index is 11.7. The van der Waals surface area contributed by atoms with Crippen molar-refractivity contribution in [3.8, 4) is 5.75 Å². The molecule has 1 saturated heterocycles. The second-order valence-corrected chi connectivity index (χ2v) is 5.55. The van der Waals surface area contributed by atoms with Crippen molar-refractivity contribution in [2.75, 3.05) is 6.61 Å². The van der Waals surface area contributed by atoms with Crippen molar-refractivity contribution in [3.63, 3.8) is 0 Å². The number of ether oxygens (including phenoxy) is 1. The molecule has 114 valence electrons. The van der Waals surface area contributed by atoms with Gasteiger partial charge in [-0.15, -0.1) is 0 Å². The third-order valence-electron chi connectivity index (χ3n) is 3.78. The lowest BCUT2D eigenvalue weighted by atomic mass is 9.91. The van der Waals surface area contributed by atoms with Gasteiger partial charge in [0, 0.05) is 12.3 Å². The van der Waals surface area contributed by atoms with Crippen molar-refractivity contribution in [1.82, 2.24) is 5.32 Å². The van der Waals surface area contributed by atoms with E-state index in [4.69, 9.17) is 4.74 Å². The van der Waals surface area contributed by atoms with Crippen LogP contribution >= 0.6 is 0 Å². The van der Waals surface area contributed by atoms with Crippen LogP contribution in [0.3, 0.4) is 0 Å². The summed E-state index contributed by atoms with van der Waals surface area (Å²) in [6.45, 7) is 2.92. The quantitative estimate of drug-likeness (QED) is 0.620. The number of piperidine rings is 1. The van der Waals surface area contributed by atoms with Crippen LogP contribution in [0.15, 0.2) is 24.3 Å². The number of carbonyl (C=O) groups is 2. The van der Waals surface area contributed by atoms with E-state index in [1.807, 2.05) is 24.3 Å². The highest BCUT2D eigenvalue weighted by Crippen LogP contribution is 2.20. The number of nitrogens with one attached hydrogen (secondary N) is 1. The molecule has 1 atom stereocenters. The Morgan fingerprint density at radius 3 is 2.62 bits per heavy atom. The number of amides is 2. The molecule has 0 aliphatic carbocycles. The summed E-state index contributed by atoms with van der Waals surface area (Å²) in [5.41, 5.74) is 1.10. The molecule has 0 aromatic heterocycles. The average molecular weight is 289 g/mol. The zero-order chi connectivity index (χ0) is 15.1. The van der Waals surface area contributed by atoms with Crippen molar-refractivity contribution < 1.29 is 14.3 Å². The first kappa shape index (κ1) is 15.5. The van der Waals surface area contributed by atoms with Crippen LogP contribution in [-0.4, -0.2) is 18.4 Å². The molecule has 0 spiro atoms. The summed E-state index contributed by atoms with van der Waals surface area (Å²) in [4.78, 5) is 22.8. The molecule has 1 aliphatic heterocycles. The summed E-state index contributed by atoms with van der Waals surface area (Å²) in [5, 5.41) is 2.40. The topological polar surface area (TPSA) is 55.4 Å². The van der Waals surface area contributed by atoms with E-state index >= 15 is 0 Å². The molecule has 4 heteroatoms. The molecule has 1 aromatic rings. The van der Waals surface area contributed by atoms with E-state index in [-0.39, 0.29) is 17.7 Å². The van der Waals surface area contributed by atoms with Gasteiger partial charge in [0.05, 0.1) is 6.61 Å². The molecule has 1 N–H and O–H groups in total. The summed E-state index contributed by atoms with van der Waals surface area (Å²) >= 11 is 0. The third kappa shape index (κ3) is 4.88. The smallest absolute Gasteiger partial charge is 0.230 e. The number of rotatable bonds is 7. The van der Waals surface area contributed by atoms with Gasteiger partial charge >= 0.3 is 0 Å². The molecule has 1 aromatic carbocycles. The van der Waals surface area contributed by atoms with Gasteiger partial charge in [0.2, 0.25) is 11.8 Å². The highest BCUT2D eigenvalue weighted by atomic mass is 16.5. The van der Waals surface area contributed by atoms with E-state index in [2.05, 4.69) is 12.2 Å². The van der Waals surface area contributed by atoms with Gasteiger partial charge in [-0.2, -0.15) is 0 Å². The summed E-state index contributed by atoms with van der Waals surface area (Å²) in [5.74, 6) is 0.468. The van der Waals surface area contributed by atoms with Gasteiger partial charge in [0.15, 0.2) is 0 Å². The van der Waals surface area contributed by atoms with E-state index in [9.17, 15) is 9.59 Å². The van der Waals surface area contributed by atoms with Crippen molar-refractivity contribution >= 4 is 11.8 Å². The van der Waals surface area contributed by atoms with E-state index in [1.165, 1.54) is 12.8 Å². The second-order valence-electron chi connectivity index (χ2n) is 5.55. The molecule has 1 heterocycles. The van der Waals surface area contributed by atoms with Gasteiger partial charge in [-0.1, -0.05) is 31.9 Å². The average Bonchev–Trinajstić information content (AvgIpc) is 2.48. The van der Waals surface area contributed by atoms with Crippen molar-refractivity contribution in [2.24, 2.45) is 5.92 Å². The van der Waals surface area contributed by atoms with Gasteiger partial charge in [-0.25, -0.2) is 0 Å². The fraction of sp³-hybridized carbons (Fsp3) is 0.529. The minimum absolute atomic E-state index is 0.0981. The Morgan fingerprint density at radius 1 is 1.19 bits per heavy atom. The lowest BCUT2D eigenvalue weighted by molar-refractivity contribution is -0.136. The Labute approximate surface area is 125 Å². The van der Waals surface area contributed by atoms with Crippen LogP contribution in [0.2, 0.25) is 0 Å². The molecule has 1 aliphatic rings. The normalized spacial score (nSPS) is 18.4. The van der Waals surface area contributed by atoms with Crippen LogP contribution in [0.25, 0.3) is 0 Å². The molecular weight excluding hydrogens is 266 g/mol. The second kappa shape index (κ2) is 7.81. The number of imide groups is 1. The van der Waals surface area contributed by atoms with Gasteiger partial charge in [-0.3, -0.25) is 14.9 Å². The van der Waals surface area contributed by atoms with Crippen LogP contribution < -0.4 is 10.1 Å². The summed E-state index contributed by atoms with van der Waals surface area (Å²) in [7, 11) is 0. The monoisotopic (exact) mass is 289 g/mol. The standard InChI is InChI=1S/C17H23NO3/c1-2-3-4-11-21-15-8-5-13(6-9-15)12-14-7-10-16(19)18-17(14)20/h5-6,8-9,14H,2-4,7,10-12H2,1H3,(H,18,19,20). The maximum Gasteiger partial charge on any atom is 0.230 e. The molecule has 0 radical (unpaired) electrons. The van der Waals surface area contributed by atoms with Gasteiger partial charge < -0.3 is 4.74 Å². The summed E-state index contributed by atoms with van der Waals surface area (Å²) in [6.07, 6.45) is 5.21. The SMILES string of the molecule is CCCCCOc1ccc(CC2CCC(=O)NC2=O)cc1. The molecule has 2 amide bonds. The Morgan fingerprint density at radius 2 is 1.95 bits per heavy atom. The first-order valence-corrected chi connectivity index (χ1v) is 7.74. The highest BCUT2D eigenvalue weighted by molar-refractivity contribution is 5.98. The first-order chi connectivity index (χ1) is 10.2. The lowest BCUT2D eigenvalue weighted by Gasteiger charge is -2.20. The molecule has 21 heavy (non-hydrogen) atoms. The van der Waals surface area contributed by atoms with Crippen LogP contribution in [0.4, 0.5) is 0 Å². The fourth-order valence-corrected chi connectivity index (χ4v) is 2.48. The zero-order valence-electron chi connectivity index (χ0n) is 12.6. The van der Waals surface area contributed by atoms with Crippen LogP contribution in [0.5, 0.6) is 5.75 Å². The predicted molar refractivity (Wildman–Crippen MR) is 81.0 cm³/mol. The largest absolute Gasteiger partial charge is 0.494 e. The Kier molecular flexibility index (Phi) is 5.78.